The molecule has 0 aliphatic carbocycles. The Morgan fingerprint density at radius 1 is 1.18 bits per heavy atom. The summed E-state index contributed by atoms with van der Waals surface area (Å²) in [6.07, 6.45) is -4.94. The fourth-order valence-corrected chi connectivity index (χ4v) is 3.60. The lowest BCUT2D eigenvalue weighted by molar-refractivity contribution is -0.141. The molecule has 1 fully saturated rings. The van der Waals surface area contributed by atoms with Gasteiger partial charge in [0.1, 0.15) is 11.9 Å². The molecule has 3 rings (SSSR count). The molecule has 2 heterocycles. The lowest BCUT2D eigenvalue weighted by Gasteiger charge is -2.36. The van der Waals surface area contributed by atoms with Gasteiger partial charge >= 0.3 is 18.2 Å². The number of urea groups is 1. The molecule has 34 heavy (non-hydrogen) atoms. The number of anilines is 2. The lowest BCUT2D eigenvalue weighted by Crippen LogP contribution is -2.50. The average Bonchev–Trinajstić information content (AvgIpc) is 2.80. The molecule has 0 saturated carbocycles. The molecule has 0 unspecified atom stereocenters. The van der Waals surface area contributed by atoms with Crippen LogP contribution in [0.15, 0.2) is 24.3 Å². The van der Waals surface area contributed by atoms with E-state index in [1.807, 2.05) is 0 Å². The maximum Gasteiger partial charge on any atom is 0.434 e. The van der Waals surface area contributed by atoms with Crippen molar-refractivity contribution in [3.05, 3.63) is 51.1 Å². The molecule has 1 aromatic carbocycles. The highest BCUT2D eigenvalue weighted by molar-refractivity contribution is 6.42. The first-order valence-corrected chi connectivity index (χ1v) is 10.8. The van der Waals surface area contributed by atoms with E-state index in [9.17, 15) is 28.0 Å². The molecule has 8 nitrogen and oxygen atoms in total. The SMILES string of the molecule is CCOC(=O)c1cc(C#N)c(N2CCN(C(=O)Nc3ccc(Cl)c(Cl)c3)CC2)nc1C(F)(F)F. The van der Waals surface area contributed by atoms with Crippen molar-refractivity contribution >= 4 is 46.7 Å². The van der Waals surface area contributed by atoms with Crippen molar-refractivity contribution in [2.45, 2.75) is 13.1 Å². The minimum atomic E-state index is -4.94. The summed E-state index contributed by atoms with van der Waals surface area (Å²) >= 11 is 11.8. The fraction of sp³-hybridized carbons (Fsp3) is 0.333. The minimum absolute atomic E-state index is 0.118. The first kappa shape index (κ1) is 25.4. The molecular formula is C21H18Cl2F3N5O3. The summed E-state index contributed by atoms with van der Waals surface area (Å²) in [5.41, 5.74) is -2.03. The van der Waals surface area contributed by atoms with Crippen LogP contribution in [0.5, 0.6) is 0 Å². The van der Waals surface area contributed by atoms with Gasteiger partial charge < -0.3 is 19.9 Å². The Labute approximate surface area is 202 Å². The van der Waals surface area contributed by atoms with E-state index in [1.165, 1.54) is 28.9 Å². The highest BCUT2D eigenvalue weighted by atomic mass is 35.5. The van der Waals surface area contributed by atoms with E-state index in [1.54, 1.807) is 12.1 Å². The monoisotopic (exact) mass is 515 g/mol. The van der Waals surface area contributed by atoms with E-state index in [4.69, 9.17) is 23.2 Å². The van der Waals surface area contributed by atoms with Gasteiger partial charge in [0, 0.05) is 31.9 Å². The van der Waals surface area contributed by atoms with E-state index in [-0.39, 0.29) is 49.2 Å². The van der Waals surface area contributed by atoms with Gasteiger partial charge in [-0.1, -0.05) is 23.2 Å². The number of aromatic nitrogens is 1. The van der Waals surface area contributed by atoms with Crippen molar-refractivity contribution in [2.75, 3.05) is 43.0 Å². The third-order valence-corrected chi connectivity index (χ3v) is 5.66. The first-order valence-electron chi connectivity index (χ1n) is 10.0. The number of amides is 2. The Bertz CT molecular complexity index is 1150. The molecule has 0 bridgehead atoms. The molecule has 13 heteroatoms. The maximum atomic E-state index is 13.6. The molecule has 0 spiro atoms. The number of pyridine rings is 1. The number of alkyl halides is 3. The predicted molar refractivity (Wildman–Crippen MR) is 119 cm³/mol. The van der Waals surface area contributed by atoms with E-state index in [2.05, 4.69) is 15.0 Å². The van der Waals surface area contributed by atoms with Crippen molar-refractivity contribution in [2.24, 2.45) is 0 Å². The second-order valence-electron chi connectivity index (χ2n) is 7.12. The molecular weight excluding hydrogens is 498 g/mol. The number of nitriles is 1. The topological polar surface area (TPSA) is 98.6 Å². The van der Waals surface area contributed by atoms with Crippen LogP contribution in [0.3, 0.4) is 0 Å². The zero-order valence-electron chi connectivity index (χ0n) is 17.7. The summed E-state index contributed by atoms with van der Waals surface area (Å²) in [6, 6.07) is 6.80. The molecule has 2 aromatic rings. The molecule has 180 valence electrons. The molecule has 1 N–H and O–H groups in total. The van der Waals surface area contributed by atoms with Crippen LogP contribution in [0, 0.1) is 11.3 Å². The fourth-order valence-electron chi connectivity index (χ4n) is 3.31. The van der Waals surface area contributed by atoms with Crippen molar-refractivity contribution in [1.29, 1.82) is 5.26 Å². The summed E-state index contributed by atoms with van der Waals surface area (Å²) in [7, 11) is 0. The average molecular weight is 516 g/mol. The number of piperazine rings is 1. The number of benzene rings is 1. The van der Waals surface area contributed by atoms with Gasteiger partial charge in [0.2, 0.25) is 0 Å². The van der Waals surface area contributed by atoms with Crippen molar-refractivity contribution in [3.8, 4) is 6.07 Å². The quantitative estimate of drug-likeness (QED) is 0.586. The van der Waals surface area contributed by atoms with Gasteiger partial charge in [0.05, 0.1) is 27.8 Å². The van der Waals surface area contributed by atoms with Crippen molar-refractivity contribution < 1.29 is 27.5 Å². The number of carbonyl (C=O) groups is 2. The Kier molecular flexibility index (Phi) is 7.74. The standard InChI is InChI=1S/C21H18Cl2F3N5O3/c1-2-34-19(32)14-9-12(11-27)18(29-17(14)21(24,25)26)30-5-7-31(8-6-30)20(33)28-13-3-4-15(22)16(23)10-13/h3-4,9-10H,2,5-8H2,1H3,(H,28,33). The molecule has 0 atom stereocenters. The van der Waals surface area contributed by atoms with Gasteiger partial charge in [-0.3, -0.25) is 0 Å². The van der Waals surface area contributed by atoms with Gasteiger partial charge in [-0.15, -0.1) is 0 Å². The minimum Gasteiger partial charge on any atom is -0.462 e. The Morgan fingerprint density at radius 2 is 1.85 bits per heavy atom. The number of hydrogen-bond donors (Lipinski definition) is 1. The number of hydrogen-bond acceptors (Lipinski definition) is 6. The van der Waals surface area contributed by atoms with Crippen molar-refractivity contribution in [3.63, 3.8) is 0 Å². The number of ether oxygens (including phenoxy) is 1. The molecule has 1 aliphatic rings. The van der Waals surface area contributed by atoms with E-state index in [0.29, 0.717) is 10.7 Å². The number of nitrogens with zero attached hydrogens (tertiary/aromatic N) is 4. The zero-order valence-corrected chi connectivity index (χ0v) is 19.3. The molecule has 1 saturated heterocycles. The van der Waals surface area contributed by atoms with E-state index >= 15 is 0 Å². The Hall–Kier alpha value is -3.23. The number of nitrogens with one attached hydrogen (secondary N) is 1. The largest absolute Gasteiger partial charge is 0.462 e. The highest BCUT2D eigenvalue weighted by Crippen LogP contribution is 2.34. The van der Waals surface area contributed by atoms with Gasteiger partial charge in [0.15, 0.2) is 5.69 Å². The molecule has 1 aliphatic heterocycles. The van der Waals surface area contributed by atoms with E-state index in [0.717, 1.165) is 6.07 Å². The van der Waals surface area contributed by atoms with Crippen molar-refractivity contribution in [1.82, 2.24) is 9.88 Å². The van der Waals surface area contributed by atoms with Gasteiger partial charge in [-0.05, 0) is 31.2 Å². The van der Waals surface area contributed by atoms with Crippen LogP contribution >= 0.6 is 23.2 Å². The second-order valence-corrected chi connectivity index (χ2v) is 7.93. The number of carbonyl (C=O) groups excluding carboxylic acids is 2. The Balaban J connectivity index is 1.78. The normalized spacial score (nSPS) is 13.9. The van der Waals surface area contributed by atoms with Crippen LogP contribution in [-0.4, -0.2) is 54.7 Å². The number of halogens is 5. The van der Waals surface area contributed by atoms with E-state index < -0.39 is 29.4 Å². The summed E-state index contributed by atoms with van der Waals surface area (Å²) in [5.74, 6) is -1.43. The van der Waals surface area contributed by atoms with Crippen LogP contribution in [0.4, 0.5) is 29.5 Å². The third kappa shape index (κ3) is 5.63. The van der Waals surface area contributed by atoms with Crippen LogP contribution in [0.1, 0.15) is 28.5 Å². The van der Waals surface area contributed by atoms with Gasteiger partial charge in [-0.2, -0.15) is 18.4 Å². The maximum absolute atomic E-state index is 13.6. The van der Waals surface area contributed by atoms with Gasteiger partial charge in [0.25, 0.3) is 0 Å². The highest BCUT2D eigenvalue weighted by Gasteiger charge is 2.40. The van der Waals surface area contributed by atoms with Gasteiger partial charge in [-0.25, -0.2) is 14.6 Å². The first-order chi connectivity index (χ1) is 16.0. The van der Waals surface area contributed by atoms with Crippen LogP contribution in [-0.2, 0) is 10.9 Å². The summed E-state index contributed by atoms with van der Waals surface area (Å²) < 4.78 is 45.5. The number of rotatable bonds is 4. The third-order valence-electron chi connectivity index (χ3n) is 4.92. The lowest BCUT2D eigenvalue weighted by atomic mass is 10.1. The second kappa shape index (κ2) is 10.4. The van der Waals surface area contributed by atoms with Crippen LogP contribution in [0.25, 0.3) is 0 Å². The molecule has 2 amide bonds. The zero-order chi connectivity index (χ0) is 25.0. The molecule has 0 radical (unpaired) electrons. The number of esters is 1. The summed E-state index contributed by atoms with van der Waals surface area (Å²) in [6.45, 7) is 1.86. The smallest absolute Gasteiger partial charge is 0.434 e. The summed E-state index contributed by atoms with van der Waals surface area (Å²) in [4.78, 5) is 31.1. The van der Waals surface area contributed by atoms with Crippen LogP contribution < -0.4 is 10.2 Å². The summed E-state index contributed by atoms with van der Waals surface area (Å²) in [5, 5.41) is 12.8. The van der Waals surface area contributed by atoms with Crippen LogP contribution in [0.2, 0.25) is 10.0 Å². The Morgan fingerprint density at radius 3 is 2.41 bits per heavy atom. The molecule has 1 aromatic heterocycles. The predicted octanol–water partition coefficient (Wildman–Crippen LogP) is 4.81.